The van der Waals surface area contributed by atoms with E-state index in [1.807, 2.05) is 13.8 Å². The lowest BCUT2D eigenvalue weighted by atomic mass is 10.00. The lowest BCUT2D eigenvalue weighted by Gasteiger charge is -2.16. The Morgan fingerprint density at radius 2 is 2.00 bits per heavy atom. The molecular formula is C15H22N2O3. The molecule has 0 aliphatic heterocycles. The molecule has 0 heterocycles. The number of nitrogens with one attached hydrogen (secondary N) is 2. The summed E-state index contributed by atoms with van der Waals surface area (Å²) in [6.45, 7) is 6.17. The second-order valence-electron chi connectivity index (χ2n) is 5.08. The number of rotatable bonds is 6. The number of aliphatic carboxylic acids is 1. The van der Waals surface area contributed by atoms with Gasteiger partial charge in [-0.3, -0.25) is 4.79 Å². The van der Waals surface area contributed by atoms with Gasteiger partial charge in [0.05, 0.1) is 6.42 Å². The number of carboxylic acid groups (broad SMARTS) is 1. The van der Waals surface area contributed by atoms with Gasteiger partial charge in [0.1, 0.15) is 0 Å². The third kappa shape index (κ3) is 5.73. The first-order chi connectivity index (χ1) is 9.38. The Bertz CT molecular complexity index is 486. The number of hydrogen-bond acceptors (Lipinski definition) is 2. The summed E-state index contributed by atoms with van der Waals surface area (Å²) in [7, 11) is 0. The molecule has 0 saturated heterocycles. The van der Waals surface area contributed by atoms with Gasteiger partial charge in [-0.05, 0) is 38.3 Å². The Kier molecular flexibility index (Phi) is 6.03. The van der Waals surface area contributed by atoms with Crippen LogP contribution in [0.15, 0.2) is 18.2 Å². The molecule has 0 aliphatic carbocycles. The number of aryl methyl sites for hydroxylation is 2. The summed E-state index contributed by atoms with van der Waals surface area (Å²) in [5.74, 6) is -0.923. The fraction of sp³-hybridized carbons (Fsp3) is 0.467. The van der Waals surface area contributed by atoms with Crippen molar-refractivity contribution in [1.82, 2.24) is 10.6 Å². The van der Waals surface area contributed by atoms with Crippen LogP contribution in [0.5, 0.6) is 0 Å². The van der Waals surface area contributed by atoms with Gasteiger partial charge in [-0.1, -0.05) is 23.8 Å². The molecule has 110 valence electrons. The van der Waals surface area contributed by atoms with Crippen LogP contribution < -0.4 is 10.6 Å². The van der Waals surface area contributed by atoms with Crippen molar-refractivity contribution in [2.24, 2.45) is 0 Å². The number of benzene rings is 1. The van der Waals surface area contributed by atoms with E-state index in [0.29, 0.717) is 0 Å². The fourth-order valence-electron chi connectivity index (χ4n) is 2.01. The van der Waals surface area contributed by atoms with Gasteiger partial charge < -0.3 is 15.7 Å². The highest BCUT2D eigenvalue weighted by Crippen LogP contribution is 2.12. The van der Waals surface area contributed by atoms with E-state index < -0.39 is 5.97 Å². The lowest BCUT2D eigenvalue weighted by molar-refractivity contribution is -0.136. The molecule has 0 aromatic heterocycles. The van der Waals surface area contributed by atoms with Crippen molar-refractivity contribution in [3.05, 3.63) is 34.9 Å². The maximum atomic E-state index is 11.5. The summed E-state index contributed by atoms with van der Waals surface area (Å²) in [6.07, 6.45) is 0.678. The minimum atomic E-state index is -0.923. The summed E-state index contributed by atoms with van der Waals surface area (Å²) in [5, 5.41) is 13.8. The average Bonchev–Trinajstić information content (AvgIpc) is 2.32. The summed E-state index contributed by atoms with van der Waals surface area (Å²) >= 11 is 0. The van der Waals surface area contributed by atoms with Crippen molar-refractivity contribution >= 4 is 12.0 Å². The third-order valence-corrected chi connectivity index (χ3v) is 3.03. The molecule has 0 bridgehead atoms. The van der Waals surface area contributed by atoms with Crippen LogP contribution in [-0.4, -0.2) is 29.7 Å². The summed E-state index contributed by atoms with van der Waals surface area (Å²) < 4.78 is 0. The molecule has 1 unspecified atom stereocenters. The normalized spacial score (nSPS) is 11.8. The molecule has 5 nitrogen and oxygen atoms in total. The van der Waals surface area contributed by atoms with E-state index >= 15 is 0 Å². The second-order valence-corrected chi connectivity index (χ2v) is 5.08. The van der Waals surface area contributed by atoms with Gasteiger partial charge in [-0.15, -0.1) is 0 Å². The van der Waals surface area contributed by atoms with E-state index in [-0.39, 0.29) is 25.0 Å². The Morgan fingerprint density at radius 3 is 2.60 bits per heavy atom. The van der Waals surface area contributed by atoms with Crippen LogP contribution in [0, 0.1) is 13.8 Å². The Labute approximate surface area is 119 Å². The number of amides is 2. The van der Waals surface area contributed by atoms with E-state index in [1.54, 1.807) is 0 Å². The molecule has 0 aliphatic rings. The number of carbonyl (C=O) groups is 2. The predicted octanol–water partition coefficient (Wildman–Crippen LogP) is 2.01. The van der Waals surface area contributed by atoms with E-state index in [2.05, 4.69) is 35.8 Å². The van der Waals surface area contributed by atoms with Gasteiger partial charge in [0.25, 0.3) is 0 Å². The molecule has 1 atom stereocenters. The van der Waals surface area contributed by atoms with Gasteiger partial charge in [-0.25, -0.2) is 4.79 Å². The minimum Gasteiger partial charge on any atom is -0.481 e. The zero-order valence-electron chi connectivity index (χ0n) is 12.2. The van der Waals surface area contributed by atoms with E-state index in [9.17, 15) is 9.59 Å². The van der Waals surface area contributed by atoms with Crippen LogP contribution in [0.1, 0.15) is 30.0 Å². The largest absolute Gasteiger partial charge is 0.481 e. The van der Waals surface area contributed by atoms with Crippen molar-refractivity contribution in [3.8, 4) is 0 Å². The van der Waals surface area contributed by atoms with Crippen LogP contribution >= 0.6 is 0 Å². The van der Waals surface area contributed by atoms with Crippen LogP contribution in [-0.2, 0) is 11.2 Å². The number of carboxylic acids is 1. The van der Waals surface area contributed by atoms with E-state index in [4.69, 9.17) is 5.11 Å². The van der Waals surface area contributed by atoms with Crippen molar-refractivity contribution < 1.29 is 14.7 Å². The van der Waals surface area contributed by atoms with Crippen LogP contribution in [0.25, 0.3) is 0 Å². The molecule has 5 heteroatoms. The Hall–Kier alpha value is -2.04. The molecule has 0 saturated carbocycles. The van der Waals surface area contributed by atoms with Crippen molar-refractivity contribution in [3.63, 3.8) is 0 Å². The molecule has 0 fully saturated rings. The summed E-state index contributed by atoms with van der Waals surface area (Å²) in [6, 6.07) is 5.91. The molecule has 3 N–H and O–H groups in total. The SMILES string of the molecule is Cc1ccc(CC(C)NC(=O)NCCC(=O)O)c(C)c1. The summed E-state index contributed by atoms with van der Waals surface area (Å²) in [4.78, 5) is 21.9. The maximum Gasteiger partial charge on any atom is 0.315 e. The summed E-state index contributed by atoms with van der Waals surface area (Å²) in [5.41, 5.74) is 3.64. The molecular weight excluding hydrogens is 256 g/mol. The second kappa shape index (κ2) is 7.53. The van der Waals surface area contributed by atoms with Crippen LogP contribution in [0.3, 0.4) is 0 Å². The number of hydrogen-bond donors (Lipinski definition) is 3. The standard InChI is InChI=1S/C15H22N2O3/c1-10-4-5-13(11(2)8-10)9-12(3)17-15(20)16-7-6-14(18)19/h4-5,8,12H,6-7,9H2,1-3H3,(H,18,19)(H2,16,17,20). The zero-order valence-corrected chi connectivity index (χ0v) is 12.2. The topological polar surface area (TPSA) is 78.4 Å². The Morgan fingerprint density at radius 1 is 1.30 bits per heavy atom. The van der Waals surface area contributed by atoms with Crippen molar-refractivity contribution in [1.29, 1.82) is 0 Å². The smallest absolute Gasteiger partial charge is 0.315 e. The van der Waals surface area contributed by atoms with Crippen molar-refractivity contribution in [2.45, 2.75) is 39.7 Å². The lowest BCUT2D eigenvalue weighted by Crippen LogP contribution is -2.42. The monoisotopic (exact) mass is 278 g/mol. The zero-order chi connectivity index (χ0) is 15.1. The number of carbonyl (C=O) groups excluding carboxylic acids is 1. The predicted molar refractivity (Wildman–Crippen MR) is 77.9 cm³/mol. The Balaban J connectivity index is 2.41. The van der Waals surface area contributed by atoms with Crippen molar-refractivity contribution in [2.75, 3.05) is 6.54 Å². The van der Waals surface area contributed by atoms with E-state index in [1.165, 1.54) is 16.7 Å². The number of urea groups is 1. The van der Waals surface area contributed by atoms with Gasteiger partial charge in [0, 0.05) is 12.6 Å². The maximum absolute atomic E-state index is 11.5. The molecule has 1 aromatic carbocycles. The molecule has 20 heavy (non-hydrogen) atoms. The third-order valence-electron chi connectivity index (χ3n) is 3.03. The van der Waals surface area contributed by atoms with Gasteiger partial charge in [0.15, 0.2) is 0 Å². The van der Waals surface area contributed by atoms with Gasteiger partial charge in [-0.2, -0.15) is 0 Å². The molecule has 1 rings (SSSR count). The van der Waals surface area contributed by atoms with Crippen LogP contribution in [0.4, 0.5) is 4.79 Å². The first-order valence-electron chi connectivity index (χ1n) is 6.70. The van der Waals surface area contributed by atoms with Gasteiger partial charge >= 0.3 is 12.0 Å². The highest BCUT2D eigenvalue weighted by molar-refractivity contribution is 5.75. The average molecular weight is 278 g/mol. The first-order valence-corrected chi connectivity index (χ1v) is 6.70. The highest BCUT2D eigenvalue weighted by atomic mass is 16.4. The minimum absolute atomic E-state index is 0.0127. The highest BCUT2D eigenvalue weighted by Gasteiger charge is 2.09. The van der Waals surface area contributed by atoms with Crippen LogP contribution in [0.2, 0.25) is 0 Å². The van der Waals surface area contributed by atoms with Gasteiger partial charge in [0.2, 0.25) is 0 Å². The molecule has 0 spiro atoms. The quantitative estimate of drug-likeness (QED) is 0.744. The first kappa shape index (κ1) is 16.0. The van der Waals surface area contributed by atoms with E-state index in [0.717, 1.165) is 6.42 Å². The molecule has 2 amide bonds. The fourth-order valence-corrected chi connectivity index (χ4v) is 2.01. The molecule has 0 radical (unpaired) electrons. The molecule has 1 aromatic rings.